The molecule has 0 heterocycles. The third-order valence-electron chi connectivity index (χ3n) is 2.71. The molecular weight excluding hydrogens is 296 g/mol. The fourth-order valence-electron chi connectivity index (χ4n) is 1.61. The van der Waals surface area contributed by atoms with Gasteiger partial charge < -0.3 is 9.92 Å². The van der Waals surface area contributed by atoms with Crippen LogP contribution in [-0.2, 0) is 10.1 Å². The molecule has 0 aliphatic heterocycles. The highest BCUT2D eigenvalue weighted by Crippen LogP contribution is 2.28. The molecule has 21 heavy (non-hydrogen) atoms. The molecule has 8 heteroatoms. The molecule has 0 unspecified atom stereocenters. The van der Waals surface area contributed by atoms with Gasteiger partial charge in [-0.15, -0.1) is 0 Å². The molecule has 0 saturated carbocycles. The van der Waals surface area contributed by atoms with Crippen molar-refractivity contribution >= 4 is 21.5 Å². The third kappa shape index (κ3) is 3.29. The van der Waals surface area contributed by atoms with E-state index in [0.29, 0.717) is 0 Å². The van der Waals surface area contributed by atoms with Crippen molar-refractivity contribution in [3.8, 4) is 5.75 Å². The van der Waals surface area contributed by atoms with Crippen molar-refractivity contribution in [3.05, 3.63) is 58.1 Å². The van der Waals surface area contributed by atoms with Crippen molar-refractivity contribution in [1.82, 2.24) is 0 Å². The van der Waals surface area contributed by atoms with E-state index >= 15 is 0 Å². The molecule has 0 spiro atoms. The van der Waals surface area contributed by atoms with Crippen LogP contribution < -0.4 is 9.92 Å². The Hall–Kier alpha value is -2.61. The van der Waals surface area contributed by atoms with Crippen LogP contribution in [0.25, 0.3) is 0 Å². The van der Waals surface area contributed by atoms with Crippen LogP contribution in [0.15, 0.2) is 47.4 Å². The Morgan fingerprint density at radius 1 is 1.14 bits per heavy atom. The summed E-state index contributed by atoms with van der Waals surface area (Å²) >= 11 is 0. The molecule has 2 aromatic carbocycles. The van der Waals surface area contributed by atoms with Crippen LogP contribution >= 0.6 is 0 Å². The smallest absolute Gasteiger partial charge is 0.339 e. The topological polar surface area (TPSA) is 113 Å². The SMILES string of the molecule is Cc1ccc(S(=O)(=O)Oc2ccc(N)c([N+](=O)[O-])c2)cc1. The molecule has 0 aliphatic rings. The normalized spacial score (nSPS) is 11.1. The summed E-state index contributed by atoms with van der Waals surface area (Å²) in [4.78, 5) is 10.0. The standard InChI is InChI=1S/C13H12N2O5S/c1-9-2-5-11(6-3-9)21(18,19)20-10-4-7-12(14)13(8-10)15(16)17/h2-8H,14H2,1H3. The molecule has 0 atom stereocenters. The monoisotopic (exact) mass is 308 g/mol. The van der Waals surface area contributed by atoms with E-state index in [1.807, 2.05) is 6.92 Å². The number of aryl methyl sites for hydroxylation is 1. The lowest BCUT2D eigenvalue weighted by molar-refractivity contribution is -0.383. The van der Waals surface area contributed by atoms with Crippen molar-refractivity contribution < 1.29 is 17.5 Å². The fraction of sp³-hybridized carbons (Fsp3) is 0.0769. The van der Waals surface area contributed by atoms with Gasteiger partial charge in [0.05, 0.1) is 11.0 Å². The number of nitrogens with two attached hydrogens (primary N) is 1. The van der Waals surface area contributed by atoms with Crippen LogP contribution in [0.2, 0.25) is 0 Å². The average molecular weight is 308 g/mol. The number of nitro benzene ring substituents is 1. The van der Waals surface area contributed by atoms with Crippen LogP contribution in [0.3, 0.4) is 0 Å². The van der Waals surface area contributed by atoms with Crippen molar-refractivity contribution in [2.24, 2.45) is 0 Å². The minimum atomic E-state index is -4.05. The summed E-state index contributed by atoms with van der Waals surface area (Å²) in [6.45, 7) is 1.82. The molecule has 7 nitrogen and oxygen atoms in total. The van der Waals surface area contributed by atoms with Crippen LogP contribution in [0.5, 0.6) is 5.75 Å². The number of hydrogen-bond acceptors (Lipinski definition) is 6. The molecule has 0 aromatic heterocycles. The van der Waals surface area contributed by atoms with Crippen LogP contribution in [0.1, 0.15) is 5.56 Å². The first-order valence-electron chi connectivity index (χ1n) is 5.85. The van der Waals surface area contributed by atoms with Gasteiger partial charge in [-0.25, -0.2) is 0 Å². The number of nitrogen functional groups attached to an aromatic ring is 1. The summed E-state index contributed by atoms with van der Waals surface area (Å²) in [7, 11) is -4.05. The maximum atomic E-state index is 12.1. The van der Waals surface area contributed by atoms with Gasteiger partial charge in [-0.3, -0.25) is 10.1 Å². The van der Waals surface area contributed by atoms with Gasteiger partial charge in [0.15, 0.2) is 0 Å². The van der Waals surface area contributed by atoms with Crippen molar-refractivity contribution in [2.45, 2.75) is 11.8 Å². The van der Waals surface area contributed by atoms with E-state index in [1.165, 1.54) is 24.3 Å². The predicted octanol–water partition coefficient (Wildman–Crippen LogP) is 2.25. The Bertz CT molecular complexity index is 785. The molecule has 110 valence electrons. The van der Waals surface area contributed by atoms with Gasteiger partial charge in [-0.05, 0) is 31.2 Å². The zero-order valence-electron chi connectivity index (χ0n) is 11.0. The van der Waals surface area contributed by atoms with E-state index in [-0.39, 0.29) is 16.3 Å². The Labute approximate surface area is 121 Å². The number of nitrogens with zero attached hydrogens (tertiary/aromatic N) is 1. The molecular formula is C13H12N2O5S. The molecule has 0 amide bonds. The maximum Gasteiger partial charge on any atom is 0.339 e. The third-order valence-corrected chi connectivity index (χ3v) is 3.98. The highest BCUT2D eigenvalue weighted by molar-refractivity contribution is 7.87. The minimum absolute atomic E-state index is 0.0346. The first-order valence-corrected chi connectivity index (χ1v) is 7.25. The number of nitro groups is 1. The predicted molar refractivity (Wildman–Crippen MR) is 76.5 cm³/mol. The van der Waals surface area contributed by atoms with Gasteiger partial charge in [0, 0.05) is 0 Å². The molecule has 0 fully saturated rings. The average Bonchev–Trinajstić information content (AvgIpc) is 2.41. The zero-order valence-corrected chi connectivity index (χ0v) is 11.8. The van der Waals surface area contributed by atoms with Gasteiger partial charge in [0.2, 0.25) is 0 Å². The summed E-state index contributed by atoms with van der Waals surface area (Å²) < 4.78 is 29.0. The quantitative estimate of drug-likeness (QED) is 0.401. The molecule has 0 bridgehead atoms. The maximum absolute atomic E-state index is 12.1. The van der Waals surface area contributed by atoms with E-state index in [9.17, 15) is 18.5 Å². The highest BCUT2D eigenvalue weighted by Gasteiger charge is 2.19. The number of hydrogen-bond donors (Lipinski definition) is 1. The number of anilines is 1. The minimum Gasteiger partial charge on any atom is -0.393 e. The second kappa shape index (κ2) is 5.41. The van der Waals surface area contributed by atoms with Gasteiger partial charge in [-0.2, -0.15) is 8.42 Å². The molecule has 0 radical (unpaired) electrons. The van der Waals surface area contributed by atoms with Gasteiger partial charge >= 0.3 is 10.1 Å². The van der Waals surface area contributed by atoms with E-state index in [0.717, 1.165) is 11.6 Å². The number of rotatable bonds is 4. The Morgan fingerprint density at radius 3 is 2.33 bits per heavy atom. The lowest BCUT2D eigenvalue weighted by Crippen LogP contribution is -2.10. The van der Waals surface area contributed by atoms with Crippen LogP contribution in [0, 0.1) is 17.0 Å². The Morgan fingerprint density at radius 2 is 1.76 bits per heavy atom. The highest BCUT2D eigenvalue weighted by atomic mass is 32.2. The summed E-state index contributed by atoms with van der Waals surface area (Å²) in [6.07, 6.45) is 0. The molecule has 0 aliphatic carbocycles. The van der Waals surface area contributed by atoms with Crippen molar-refractivity contribution in [1.29, 1.82) is 0 Å². The lowest BCUT2D eigenvalue weighted by atomic mass is 10.2. The second-order valence-electron chi connectivity index (χ2n) is 4.33. The molecule has 2 aromatic rings. The van der Waals surface area contributed by atoms with E-state index < -0.39 is 20.7 Å². The molecule has 2 rings (SSSR count). The lowest BCUT2D eigenvalue weighted by Gasteiger charge is -2.07. The summed E-state index contributed by atoms with van der Waals surface area (Å²) in [5, 5.41) is 10.8. The van der Waals surface area contributed by atoms with Gasteiger partial charge in [0.25, 0.3) is 5.69 Å². The van der Waals surface area contributed by atoms with Crippen LogP contribution in [0.4, 0.5) is 11.4 Å². The molecule has 0 saturated heterocycles. The second-order valence-corrected chi connectivity index (χ2v) is 5.87. The van der Waals surface area contributed by atoms with Crippen LogP contribution in [-0.4, -0.2) is 13.3 Å². The fourth-order valence-corrected chi connectivity index (χ4v) is 2.54. The largest absolute Gasteiger partial charge is 0.393 e. The first-order chi connectivity index (χ1) is 9.79. The van der Waals surface area contributed by atoms with Gasteiger partial charge in [-0.1, -0.05) is 17.7 Å². The summed E-state index contributed by atoms with van der Waals surface area (Å²) in [5.41, 5.74) is 5.86. The zero-order chi connectivity index (χ0) is 15.6. The van der Waals surface area contributed by atoms with E-state index in [2.05, 4.69) is 0 Å². The number of benzene rings is 2. The Kier molecular flexibility index (Phi) is 3.81. The summed E-state index contributed by atoms with van der Waals surface area (Å²) in [6, 6.07) is 9.50. The van der Waals surface area contributed by atoms with E-state index in [1.54, 1.807) is 12.1 Å². The first kappa shape index (κ1) is 14.8. The van der Waals surface area contributed by atoms with Crippen molar-refractivity contribution in [3.63, 3.8) is 0 Å². The Balaban J connectivity index is 2.35. The molecule has 2 N–H and O–H groups in total. The van der Waals surface area contributed by atoms with Gasteiger partial charge in [0.1, 0.15) is 16.3 Å². The van der Waals surface area contributed by atoms with E-state index in [4.69, 9.17) is 9.92 Å². The summed E-state index contributed by atoms with van der Waals surface area (Å²) in [5.74, 6) is -0.170. The van der Waals surface area contributed by atoms with Crippen molar-refractivity contribution in [2.75, 3.05) is 5.73 Å².